The molecule has 0 bridgehead atoms. The molecule has 0 aliphatic carbocycles. The first-order chi connectivity index (χ1) is 21.5. The van der Waals surface area contributed by atoms with Gasteiger partial charge in [-0.15, -0.1) is 12.4 Å². The van der Waals surface area contributed by atoms with Gasteiger partial charge < -0.3 is 10.2 Å². The van der Waals surface area contributed by atoms with Gasteiger partial charge in [-0.25, -0.2) is 0 Å². The van der Waals surface area contributed by atoms with Gasteiger partial charge in [0.25, 0.3) is 0 Å². The molecular formula is C40H80ClN3O. The van der Waals surface area contributed by atoms with Gasteiger partial charge in [-0.3, -0.25) is 9.79 Å². The maximum atomic E-state index is 12.8. The number of nitrogens with zero attached hydrogens (tertiary/aromatic N) is 2. The molecule has 0 fully saturated rings. The van der Waals surface area contributed by atoms with Gasteiger partial charge in [-0.2, -0.15) is 0 Å². The van der Waals surface area contributed by atoms with Gasteiger partial charge in [-0.1, -0.05) is 187 Å². The summed E-state index contributed by atoms with van der Waals surface area (Å²) in [6.45, 7) is 10.7. The predicted molar refractivity (Wildman–Crippen MR) is 203 cm³/mol. The van der Waals surface area contributed by atoms with Gasteiger partial charge in [0, 0.05) is 19.4 Å². The summed E-state index contributed by atoms with van der Waals surface area (Å²) in [5, 5.41) is 3.33. The quantitative estimate of drug-likeness (QED) is 0.0716. The van der Waals surface area contributed by atoms with Crippen molar-refractivity contribution in [2.24, 2.45) is 4.99 Å². The number of hydrogen-bond donors (Lipinski definition) is 1. The standard InChI is InChI=1S/C40H79N3O.ClH/c1-5-7-9-11-13-15-17-19-20-21-23-24-26-28-30-32-34-38-41-36-37-43(38)40(3,4)42-39(44)35-33-31-29-27-25-22-18-16-14-12-10-8-6-2;/h5-37H2,1-4H3,(H,42,44);1H. The van der Waals surface area contributed by atoms with Crippen molar-refractivity contribution in [2.45, 2.75) is 232 Å². The van der Waals surface area contributed by atoms with E-state index in [9.17, 15) is 4.79 Å². The average Bonchev–Trinajstić information content (AvgIpc) is 3.49. The molecule has 4 nitrogen and oxygen atoms in total. The number of halogens is 1. The van der Waals surface area contributed by atoms with E-state index < -0.39 is 0 Å². The second kappa shape index (κ2) is 31.8. The van der Waals surface area contributed by atoms with Gasteiger partial charge in [0.1, 0.15) is 11.5 Å². The first-order valence-electron chi connectivity index (χ1n) is 20.1. The molecule has 0 aromatic heterocycles. The minimum absolute atomic E-state index is 0. The Morgan fingerprint density at radius 3 is 1.29 bits per heavy atom. The van der Waals surface area contributed by atoms with E-state index in [1.54, 1.807) is 0 Å². The zero-order valence-electron chi connectivity index (χ0n) is 31.0. The summed E-state index contributed by atoms with van der Waals surface area (Å²) in [6, 6.07) is 0. The zero-order chi connectivity index (χ0) is 32.0. The molecule has 0 aromatic carbocycles. The molecule has 1 aliphatic rings. The summed E-state index contributed by atoms with van der Waals surface area (Å²) >= 11 is 0. The van der Waals surface area contributed by atoms with E-state index in [0.717, 1.165) is 25.9 Å². The fourth-order valence-corrected chi connectivity index (χ4v) is 6.92. The van der Waals surface area contributed by atoms with Crippen LogP contribution in [0.2, 0.25) is 0 Å². The topological polar surface area (TPSA) is 44.7 Å². The molecule has 1 amide bonds. The first-order valence-corrected chi connectivity index (χ1v) is 20.1. The van der Waals surface area contributed by atoms with E-state index in [-0.39, 0.29) is 24.0 Å². The molecule has 1 rings (SSSR count). The molecule has 0 saturated heterocycles. The molecule has 0 atom stereocenters. The van der Waals surface area contributed by atoms with Crippen LogP contribution < -0.4 is 5.32 Å². The van der Waals surface area contributed by atoms with Crippen molar-refractivity contribution in [1.29, 1.82) is 0 Å². The first kappa shape index (κ1) is 44.2. The largest absolute Gasteiger partial charge is 0.336 e. The number of hydrogen-bond acceptors (Lipinski definition) is 3. The molecule has 268 valence electrons. The summed E-state index contributed by atoms with van der Waals surface area (Å²) in [7, 11) is 0. The molecule has 0 spiro atoms. The molecule has 0 unspecified atom stereocenters. The fourth-order valence-electron chi connectivity index (χ4n) is 6.92. The number of nitrogens with one attached hydrogen (secondary N) is 1. The highest BCUT2D eigenvalue weighted by Gasteiger charge is 2.32. The van der Waals surface area contributed by atoms with Gasteiger partial charge in [0.05, 0.1) is 6.54 Å². The average molecular weight is 655 g/mol. The summed E-state index contributed by atoms with van der Waals surface area (Å²) in [5.41, 5.74) is -0.349. The maximum absolute atomic E-state index is 12.8. The lowest BCUT2D eigenvalue weighted by Crippen LogP contribution is -2.57. The van der Waals surface area contributed by atoms with Gasteiger partial charge in [0.2, 0.25) is 5.91 Å². The lowest BCUT2D eigenvalue weighted by atomic mass is 10.0. The molecule has 1 aliphatic heterocycles. The monoisotopic (exact) mass is 654 g/mol. The van der Waals surface area contributed by atoms with Crippen molar-refractivity contribution in [3.63, 3.8) is 0 Å². The number of amides is 1. The van der Waals surface area contributed by atoms with Crippen LogP contribution in [0.25, 0.3) is 0 Å². The van der Waals surface area contributed by atoms with E-state index in [2.05, 4.69) is 37.9 Å². The van der Waals surface area contributed by atoms with E-state index in [4.69, 9.17) is 4.99 Å². The van der Waals surface area contributed by atoms with Crippen molar-refractivity contribution in [2.75, 3.05) is 13.1 Å². The molecular weight excluding hydrogens is 574 g/mol. The predicted octanol–water partition coefficient (Wildman–Crippen LogP) is 13.1. The fraction of sp³-hybridized carbons (Fsp3) is 0.950. The van der Waals surface area contributed by atoms with Crippen molar-refractivity contribution in [3.05, 3.63) is 0 Å². The van der Waals surface area contributed by atoms with Crippen molar-refractivity contribution >= 4 is 24.1 Å². The Labute approximate surface area is 288 Å². The highest BCUT2D eigenvalue weighted by molar-refractivity contribution is 5.86. The Hall–Kier alpha value is -0.770. The third-order valence-corrected chi connectivity index (χ3v) is 9.81. The smallest absolute Gasteiger partial charge is 0.221 e. The summed E-state index contributed by atoms with van der Waals surface area (Å²) in [4.78, 5) is 20.0. The van der Waals surface area contributed by atoms with Crippen molar-refractivity contribution in [1.82, 2.24) is 10.2 Å². The van der Waals surface area contributed by atoms with Crippen LogP contribution in [-0.2, 0) is 4.79 Å². The highest BCUT2D eigenvalue weighted by Crippen LogP contribution is 2.21. The Morgan fingerprint density at radius 2 is 0.911 bits per heavy atom. The van der Waals surface area contributed by atoms with Crippen LogP contribution >= 0.6 is 12.4 Å². The van der Waals surface area contributed by atoms with Crippen molar-refractivity contribution < 1.29 is 4.79 Å². The van der Waals surface area contributed by atoms with Crippen LogP contribution in [0, 0.1) is 0 Å². The Bertz CT molecular complexity index is 680. The van der Waals surface area contributed by atoms with Crippen LogP contribution in [0.3, 0.4) is 0 Å². The number of aliphatic imine (C=N–C) groups is 1. The number of carbonyl (C=O) groups is 1. The Kier molecular flexibility index (Phi) is 31.3. The highest BCUT2D eigenvalue weighted by atomic mass is 35.5. The van der Waals surface area contributed by atoms with E-state index in [0.29, 0.717) is 6.42 Å². The van der Waals surface area contributed by atoms with Crippen molar-refractivity contribution in [3.8, 4) is 0 Å². The van der Waals surface area contributed by atoms with E-state index in [1.165, 1.54) is 186 Å². The van der Waals surface area contributed by atoms with Gasteiger partial charge >= 0.3 is 0 Å². The van der Waals surface area contributed by atoms with Crippen LogP contribution in [0.1, 0.15) is 227 Å². The van der Waals surface area contributed by atoms with Crippen LogP contribution in [0.5, 0.6) is 0 Å². The summed E-state index contributed by atoms with van der Waals surface area (Å²) in [6.07, 6.45) is 41.5. The molecule has 1 N–H and O–H groups in total. The Balaban J connectivity index is 0.0000194. The van der Waals surface area contributed by atoms with E-state index >= 15 is 0 Å². The van der Waals surface area contributed by atoms with E-state index in [1.807, 2.05) is 0 Å². The van der Waals surface area contributed by atoms with Crippen LogP contribution in [-0.4, -0.2) is 35.4 Å². The van der Waals surface area contributed by atoms with Gasteiger partial charge in [0.15, 0.2) is 0 Å². The summed E-state index contributed by atoms with van der Waals surface area (Å²) < 4.78 is 0. The number of amidine groups is 1. The van der Waals surface area contributed by atoms with Crippen LogP contribution in [0.4, 0.5) is 0 Å². The lowest BCUT2D eigenvalue weighted by molar-refractivity contribution is -0.124. The third-order valence-electron chi connectivity index (χ3n) is 9.81. The minimum Gasteiger partial charge on any atom is -0.336 e. The van der Waals surface area contributed by atoms with Crippen LogP contribution in [0.15, 0.2) is 4.99 Å². The third kappa shape index (κ3) is 25.9. The lowest BCUT2D eigenvalue weighted by Gasteiger charge is -2.38. The molecule has 45 heavy (non-hydrogen) atoms. The summed E-state index contributed by atoms with van der Waals surface area (Å²) in [5.74, 6) is 1.41. The molecule has 1 heterocycles. The zero-order valence-corrected chi connectivity index (χ0v) is 31.9. The SMILES string of the molecule is CCCCCCCCCCCCCCCCCCC1=NCCN1C(C)(C)NC(=O)CCCCCCCCCCCCCCC.Cl. The Morgan fingerprint density at radius 1 is 0.578 bits per heavy atom. The normalized spacial score (nSPS) is 13.2. The number of rotatable bonds is 33. The molecule has 0 radical (unpaired) electrons. The molecule has 0 aromatic rings. The minimum atomic E-state index is -0.349. The van der Waals surface area contributed by atoms with Gasteiger partial charge in [-0.05, 0) is 26.7 Å². The maximum Gasteiger partial charge on any atom is 0.221 e. The number of unbranched alkanes of at least 4 members (excludes halogenated alkanes) is 27. The molecule has 5 heteroatoms. The second-order valence-electron chi connectivity index (χ2n) is 14.6. The second-order valence-corrected chi connectivity index (χ2v) is 14.6. The number of carbonyl (C=O) groups excluding carboxylic acids is 1. The molecule has 0 saturated carbocycles.